The molecule has 1 nitrogen and oxygen atoms in total. The number of rotatable bonds is 4. The van der Waals surface area contributed by atoms with Crippen molar-refractivity contribution in [1.29, 1.82) is 0 Å². The number of alkyl halides is 3. The number of halogens is 3. The van der Waals surface area contributed by atoms with E-state index in [-0.39, 0.29) is 12.2 Å². The van der Waals surface area contributed by atoms with Gasteiger partial charge in [-0.25, -0.2) is 0 Å². The van der Waals surface area contributed by atoms with E-state index in [4.69, 9.17) is 5.11 Å². The van der Waals surface area contributed by atoms with E-state index < -0.39 is 11.7 Å². The van der Waals surface area contributed by atoms with Gasteiger partial charge in [-0.05, 0) is 35.6 Å². The minimum atomic E-state index is -4.36. The molecule has 106 valence electrons. The molecule has 2 rings (SSSR count). The Morgan fingerprint density at radius 1 is 0.900 bits per heavy atom. The fourth-order valence-corrected chi connectivity index (χ4v) is 2.12. The predicted molar refractivity (Wildman–Crippen MR) is 72.3 cm³/mol. The van der Waals surface area contributed by atoms with Gasteiger partial charge in [0.2, 0.25) is 0 Å². The fourth-order valence-electron chi connectivity index (χ4n) is 2.12. The van der Waals surface area contributed by atoms with Crippen LogP contribution in [-0.2, 0) is 12.6 Å². The van der Waals surface area contributed by atoms with Crippen LogP contribution in [0, 0.1) is 0 Å². The molecule has 0 fully saturated rings. The van der Waals surface area contributed by atoms with Crippen molar-refractivity contribution in [2.75, 3.05) is 6.61 Å². The summed E-state index contributed by atoms with van der Waals surface area (Å²) in [6.07, 6.45) is -2.98. The summed E-state index contributed by atoms with van der Waals surface area (Å²) in [7, 11) is 0. The second-order valence-corrected chi connectivity index (χ2v) is 4.57. The minimum absolute atomic E-state index is 0.110. The molecule has 0 aromatic heterocycles. The molecule has 0 radical (unpaired) electrons. The molecule has 2 aromatic carbocycles. The topological polar surface area (TPSA) is 20.2 Å². The first-order valence-electron chi connectivity index (χ1n) is 6.39. The van der Waals surface area contributed by atoms with E-state index in [9.17, 15) is 13.2 Å². The van der Waals surface area contributed by atoms with Crippen LogP contribution in [0.1, 0.15) is 17.5 Å². The van der Waals surface area contributed by atoms with E-state index in [1.54, 1.807) is 30.3 Å². The number of aliphatic hydroxyl groups is 1. The van der Waals surface area contributed by atoms with Crippen LogP contribution in [0.25, 0.3) is 11.1 Å². The first-order chi connectivity index (χ1) is 9.52. The van der Waals surface area contributed by atoms with E-state index in [1.165, 1.54) is 12.1 Å². The van der Waals surface area contributed by atoms with Gasteiger partial charge in [-0.1, -0.05) is 42.5 Å². The number of aryl methyl sites for hydroxylation is 1. The van der Waals surface area contributed by atoms with Crippen molar-refractivity contribution in [3.63, 3.8) is 0 Å². The molecule has 0 saturated carbocycles. The normalized spacial score (nSPS) is 11.6. The Morgan fingerprint density at radius 3 is 2.15 bits per heavy atom. The molecule has 0 aliphatic rings. The third-order valence-electron chi connectivity index (χ3n) is 3.12. The van der Waals surface area contributed by atoms with Crippen molar-refractivity contribution in [3.8, 4) is 11.1 Å². The van der Waals surface area contributed by atoms with Crippen LogP contribution in [0.15, 0.2) is 48.5 Å². The van der Waals surface area contributed by atoms with Crippen molar-refractivity contribution in [2.45, 2.75) is 19.0 Å². The molecule has 0 atom stereocenters. The number of benzene rings is 2. The Morgan fingerprint density at radius 2 is 1.55 bits per heavy atom. The molecule has 20 heavy (non-hydrogen) atoms. The molecule has 2 aromatic rings. The van der Waals surface area contributed by atoms with Crippen molar-refractivity contribution in [1.82, 2.24) is 0 Å². The van der Waals surface area contributed by atoms with Crippen molar-refractivity contribution in [2.24, 2.45) is 0 Å². The smallest absolute Gasteiger partial charge is 0.396 e. The average molecular weight is 280 g/mol. The summed E-state index contributed by atoms with van der Waals surface area (Å²) in [6.45, 7) is 0.110. The molecule has 0 bridgehead atoms. The van der Waals surface area contributed by atoms with Crippen LogP contribution in [0.3, 0.4) is 0 Å². The molecule has 0 unspecified atom stereocenters. The lowest BCUT2D eigenvalue weighted by molar-refractivity contribution is -0.137. The van der Waals surface area contributed by atoms with E-state index in [0.717, 1.165) is 18.1 Å². The predicted octanol–water partition coefficient (Wildman–Crippen LogP) is 4.30. The maximum atomic E-state index is 13.0. The van der Waals surface area contributed by atoms with Gasteiger partial charge < -0.3 is 5.11 Å². The van der Waals surface area contributed by atoms with Gasteiger partial charge in [0, 0.05) is 6.61 Å². The summed E-state index contributed by atoms with van der Waals surface area (Å²) in [5.41, 5.74) is 1.12. The highest BCUT2D eigenvalue weighted by Gasteiger charge is 2.33. The van der Waals surface area contributed by atoms with Crippen LogP contribution in [0.2, 0.25) is 0 Å². The van der Waals surface area contributed by atoms with E-state index >= 15 is 0 Å². The molecular formula is C16H15F3O. The lowest BCUT2D eigenvalue weighted by Crippen LogP contribution is -2.06. The molecule has 4 heteroatoms. The Labute approximate surface area is 115 Å². The zero-order chi connectivity index (χ0) is 14.6. The molecule has 0 spiro atoms. The zero-order valence-corrected chi connectivity index (χ0v) is 10.8. The maximum absolute atomic E-state index is 13.0. The summed E-state index contributed by atoms with van der Waals surface area (Å²) < 4.78 is 38.9. The molecule has 0 aliphatic heterocycles. The second kappa shape index (κ2) is 6.09. The van der Waals surface area contributed by atoms with Crippen LogP contribution in [-0.4, -0.2) is 11.7 Å². The third kappa shape index (κ3) is 3.39. The van der Waals surface area contributed by atoms with Gasteiger partial charge in [-0.15, -0.1) is 0 Å². The number of hydrogen-bond acceptors (Lipinski definition) is 1. The average Bonchev–Trinajstić information content (AvgIpc) is 2.45. The van der Waals surface area contributed by atoms with Crippen LogP contribution in [0.5, 0.6) is 0 Å². The monoisotopic (exact) mass is 280 g/mol. The SMILES string of the molecule is OCCCc1ccc(-c2ccccc2C(F)(F)F)cc1. The maximum Gasteiger partial charge on any atom is 0.417 e. The Bertz CT molecular complexity index is 559. The quantitative estimate of drug-likeness (QED) is 0.885. The van der Waals surface area contributed by atoms with E-state index in [2.05, 4.69) is 0 Å². The first kappa shape index (κ1) is 14.6. The largest absolute Gasteiger partial charge is 0.417 e. The van der Waals surface area contributed by atoms with Crippen molar-refractivity contribution >= 4 is 0 Å². The molecule has 1 N–H and O–H groups in total. The summed E-state index contributed by atoms with van der Waals surface area (Å²) in [5.74, 6) is 0. The zero-order valence-electron chi connectivity index (χ0n) is 10.8. The highest BCUT2D eigenvalue weighted by molar-refractivity contribution is 5.68. The molecule has 0 aliphatic carbocycles. The molecule has 0 amide bonds. The molecule has 0 heterocycles. The second-order valence-electron chi connectivity index (χ2n) is 4.57. The van der Waals surface area contributed by atoms with E-state index in [1.807, 2.05) is 0 Å². The van der Waals surface area contributed by atoms with Gasteiger partial charge >= 0.3 is 6.18 Å². The summed E-state index contributed by atoms with van der Waals surface area (Å²) >= 11 is 0. The Balaban J connectivity index is 2.33. The fraction of sp³-hybridized carbons (Fsp3) is 0.250. The van der Waals surface area contributed by atoms with Crippen LogP contribution < -0.4 is 0 Å². The van der Waals surface area contributed by atoms with Crippen LogP contribution in [0.4, 0.5) is 13.2 Å². The Hall–Kier alpha value is -1.81. The van der Waals surface area contributed by atoms with Gasteiger partial charge in [0.15, 0.2) is 0 Å². The molecular weight excluding hydrogens is 265 g/mol. The Kier molecular flexibility index (Phi) is 4.45. The standard InChI is InChI=1S/C16H15F3O/c17-16(18,19)15-6-2-1-5-14(15)13-9-7-12(8-10-13)4-3-11-20/h1-2,5-10,20H,3-4,11H2. The lowest BCUT2D eigenvalue weighted by Gasteiger charge is -2.13. The van der Waals surface area contributed by atoms with Gasteiger partial charge in [-0.2, -0.15) is 13.2 Å². The lowest BCUT2D eigenvalue weighted by atomic mass is 9.97. The summed E-state index contributed by atoms with van der Waals surface area (Å²) in [5, 5.41) is 8.76. The third-order valence-corrected chi connectivity index (χ3v) is 3.12. The summed E-state index contributed by atoms with van der Waals surface area (Å²) in [6, 6.07) is 12.6. The summed E-state index contributed by atoms with van der Waals surface area (Å²) in [4.78, 5) is 0. The minimum Gasteiger partial charge on any atom is -0.396 e. The van der Waals surface area contributed by atoms with Crippen molar-refractivity contribution < 1.29 is 18.3 Å². The highest BCUT2D eigenvalue weighted by atomic mass is 19.4. The van der Waals surface area contributed by atoms with Crippen molar-refractivity contribution in [3.05, 3.63) is 59.7 Å². The highest BCUT2D eigenvalue weighted by Crippen LogP contribution is 2.36. The van der Waals surface area contributed by atoms with Crippen LogP contribution >= 0.6 is 0 Å². The number of hydrogen-bond donors (Lipinski definition) is 1. The van der Waals surface area contributed by atoms with Gasteiger partial charge in [0.05, 0.1) is 5.56 Å². The molecule has 0 saturated heterocycles. The van der Waals surface area contributed by atoms with Gasteiger partial charge in [-0.3, -0.25) is 0 Å². The van der Waals surface area contributed by atoms with Gasteiger partial charge in [0.1, 0.15) is 0 Å². The van der Waals surface area contributed by atoms with E-state index in [0.29, 0.717) is 12.0 Å². The number of aliphatic hydroxyl groups excluding tert-OH is 1. The first-order valence-corrected chi connectivity index (χ1v) is 6.39. The van der Waals surface area contributed by atoms with Gasteiger partial charge in [0.25, 0.3) is 0 Å².